The van der Waals surface area contributed by atoms with Crippen LogP contribution in [0.1, 0.15) is 38.5 Å². The second-order valence-electron chi connectivity index (χ2n) is 4.00. The molecular weight excluding hydrogens is 348 g/mol. The topological polar surface area (TPSA) is 42.4 Å². The number of likely N-dealkylation sites (N-methyl/N-ethyl adjacent to an activating group) is 1. The van der Waals surface area contributed by atoms with Crippen molar-refractivity contribution < 1.29 is 4.42 Å². The monoisotopic (exact) mass is 366 g/mol. The summed E-state index contributed by atoms with van der Waals surface area (Å²) in [6, 6.07) is 2.16. The van der Waals surface area contributed by atoms with Gasteiger partial charge < -0.3 is 10.2 Å². The van der Waals surface area contributed by atoms with Gasteiger partial charge in [0.1, 0.15) is 5.76 Å². The summed E-state index contributed by atoms with van der Waals surface area (Å²) in [5.74, 6) is 0.921. The predicted octanol–water partition coefficient (Wildman–Crippen LogP) is 3.93. The second-order valence-corrected chi connectivity index (χ2v) is 5.58. The lowest BCUT2D eigenvalue weighted by molar-refractivity contribution is 0.184. The molecule has 1 atom stereocenters. The largest absolute Gasteiger partial charge is 0.451 e. The highest BCUT2D eigenvalue weighted by Crippen LogP contribution is 2.31. The molecule has 0 spiro atoms. The molecule has 0 bridgehead atoms. The number of unbranched alkanes of at least 4 members (excludes halogenated alkanes) is 1. The molecule has 0 fully saturated rings. The molecule has 17 heavy (non-hydrogen) atoms. The van der Waals surface area contributed by atoms with E-state index < -0.39 is 0 Å². The van der Waals surface area contributed by atoms with Gasteiger partial charge in [-0.25, -0.2) is 0 Å². The zero-order valence-electron chi connectivity index (χ0n) is 10.4. The molecule has 1 rings (SSSR count). The molecule has 0 saturated heterocycles. The molecule has 3 nitrogen and oxygen atoms in total. The highest BCUT2D eigenvalue weighted by atomic mass is 79.9. The summed E-state index contributed by atoms with van der Waals surface area (Å²) in [4.78, 5) is 2.36. The summed E-state index contributed by atoms with van der Waals surface area (Å²) in [5.41, 5.74) is 5.88. The second kappa shape index (κ2) is 7.56. The maximum Gasteiger partial charge on any atom is 0.183 e. The van der Waals surface area contributed by atoms with Gasteiger partial charge in [0.05, 0.1) is 10.5 Å². The van der Waals surface area contributed by atoms with Crippen LogP contribution in [-0.4, -0.2) is 24.5 Å². The zero-order chi connectivity index (χ0) is 12.8. The van der Waals surface area contributed by atoms with Crippen LogP contribution >= 0.6 is 31.9 Å². The zero-order valence-corrected chi connectivity index (χ0v) is 13.6. The lowest BCUT2D eigenvalue weighted by Gasteiger charge is -2.28. The number of furan rings is 1. The minimum Gasteiger partial charge on any atom is -0.451 e. The van der Waals surface area contributed by atoms with E-state index in [1.807, 2.05) is 6.07 Å². The summed E-state index contributed by atoms with van der Waals surface area (Å²) < 4.78 is 7.35. The normalized spacial score (nSPS) is 13.3. The molecule has 0 radical (unpaired) electrons. The lowest BCUT2D eigenvalue weighted by Crippen LogP contribution is -2.34. The fourth-order valence-electron chi connectivity index (χ4n) is 1.87. The van der Waals surface area contributed by atoms with Crippen molar-refractivity contribution in [2.75, 3.05) is 19.6 Å². The Kier molecular flexibility index (Phi) is 6.77. The number of hydrogen-bond donors (Lipinski definition) is 1. The first-order valence-electron chi connectivity index (χ1n) is 6.02. The average molecular weight is 368 g/mol. The van der Waals surface area contributed by atoms with Crippen LogP contribution in [-0.2, 0) is 0 Å². The molecule has 5 heteroatoms. The van der Waals surface area contributed by atoms with Crippen LogP contribution in [0.4, 0.5) is 0 Å². The van der Waals surface area contributed by atoms with Crippen LogP contribution in [0.2, 0.25) is 0 Å². The summed E-state index contributed by atoms with van der Waals surface area (Å²) >= 11 is 6.80. The maximum atomic E-state index is 5.88. The van der Waals surface area contributed by atoms with Crippen LogP contribution in [0, 0.1) is 0 Å². The highest BCUT2D eigenvalue weighted by molar-refractivity contribution is 9.13. The van der Waals surface area contributed by atoms with Crippen molar-refractivity contribution in [2.45, 2.75) is 32.7 Å². The molecule has 98 valence electrons. The molecule has 0 amide bonds. The van der Waals surface area contributed by atoms with E-state index in [-0.39, 0.29) is 6.04 Å². The van der Waals surface area contributed by atoms with E-state index in [0.29, 0.717) is 6.54 Å². The molecule has 0 saturated carbocycles. The molecule has 1 heterocycles. The fraction of sp³-hybridized carbons (Fsp3) is 0.667. The summed E-state index contributed by atoms with van der Waals surface area (Å²) in [7, 11) is 0. The van der Waals surface area contributed by atoms with E-state index in [1.54, 1.807) is 0 Å². The van der Waals surface area contributed by atoms with Crippen molar-refractivity contribution in [3.8, 4) is 0 Å². The Labute approximate surface area is 120 Å². The first-order valence-corrected chi connectivity index (χ1v) is 7.61. The van der Waals surface area contributed by atoms with Gasteiger partial charge in [0.2, 0.25) is 0 Å². The summed E-state index contributed by atoms with van der Waals surface area (Å²) in [5, 5.41) is 0. The van der Waals surface area contributed by atoms with E-state index in [9.17, 15) is 0 Å². The average Bonchev–Trinajstić information content (AvgIpc) is 2.64. The van der Waals surface area contributed by atoms with Crippen LogP contribution in [0.15, 0.2) is 19.6 Å². The first kappa shape index (κ1) is 15.2. The SMILES string of the molecule is CCCCN(CC)C(CN)c1cc(Br)c(Br)o1. The van der Waals surface area contributed by atoms with Gasteiger partial charge >= 0.3 is 0 Å². The van der Waals surface area contributed by atoms with Crippen molar-refractivity contribution in [3.05, 3.63) is 21.0 Å². The van der Waals surface area contributed by atoms with E-state index >= 15 is 0 Å². The van der Waals surface area contributed by atoms with Crippen molar-refractivity contribution in [1.29, 1.82) is 0 Å². The molecule has 1 aromatic rings. The van der Waals surface area contributed by atoms with Crippen LogP contribution in [0.5, 0.6) is 0 Å². The van der Waals surface area contributed by atoms with Crippen LogP contribution in [0.3, 0.4) is 0 Å². The van der Waals surface area contributed by atoms with Crippen LogP contribution in [0.25, 0.3) is 0 Å². The first-order chi connectivity index (χ1) is 8.13. The Balaban J connectivity index is 2.80. The number of hydrogen-bond acceptors (Lipinski definition) is 3. The summed E-state index contributed by atoms with van der Waals surface area (Å²) in [6.07, 6.45) is 2.38. The number of nitrogens with two attached hydrogens (primary N) is 1. The number of halogens is 2. The Morgan fingerprint density at radius 3 is 2.53 bits per heavy atom. The third-order valence-electron chi connectivity index (χ3n) is 2.86. The highest BCUT2D eigenvalue weighted by Gasteiger charge is 2.21. The summed E-state index contributed by atoms with van der Waals surface area (Å²) in [6.45, 7) is 6.98. The van der Waals surface area contributed by atoms with Gasteiger partial charge in [0, 0.05) is 6.54 Å². The molecule has 2 N–H and O–H groups in total. The van der Waals surface area contributed by atoms with Crippen molar-refractivity contribution >= 4 is 31.9 Å². The molecule has 0 aliphatic heterocycles. The van der Waals surface area contributed by atoms with Gasteiger partial charge in [-0.15, -0.1) is 0 Å². The molecule has 0 aromatic carbocycles. The molecule has 0 aliphatic carbocycles. The Morgan fingerprint density at radius 1 is 1.41 bits per heavy atom. The molecule has 1 unspecified atom stereocenters. The minimum absolute atomic E-state index is 0.161. The van der Waals surface area contributed by atoms with E-state index in [0.717, 1.165) is 28.0 Å². The van der Waals surface area contributed by atoms with Gasteiger partial charge in [0.15, 0.2) is 4.67 Å². The maximum absolute atomic E-state index is 5.88. The molecule has 1 aromatic heterocycles. The number of rotatable bonds is 7. The van der Waals surface area contributed by atoms with Crippen molar-refractivity contribution in [3.63, 3.8) is 0 Å². The Morgan fingerprint density at radius 2 is 2.12 bits per heavy atom. The lowest BCUT2D eigenvalue weighted by atomic mass is 10.1. The van der Waals surface area contributed by atoms with Gasteiger partial charge in [-0.2, -0.15) is 0 Å². The van der Waals surface area contributed by atoms with Gasteiger partial charge in [-0.3, -0.25) is 4.90 Å². The fourth-order valence-corrected chi connectivity index (χ4v) is 2.48. The van der Waals surface area contributed by atoms with Gasteiger partial charge in [-0.1, -0.05) is 20.3 Å². The number of nitrogens with zero attached hydrogens (tertiary/aromatic N) is 1. The molecule has 0 aliphatic rings. The smallest absolute Gasteiger partial charge is 0.183 e. The molecular formula is C12H20Br2N2O. The van der Waals surface area contributed by atoms with E-state index in [2.05, 4.69) is 50.6 Å². The Hall–Kier alpha value is 0.160. The van der Waals surface area contributed by atoms with Crippen molar-refractivity contribution in [1.82, 2.24) is 4.90 Å². The minimum atomic E-state index is 0.161. The quantitative estimate of drug-likeness (QED) is 0.793. The van der Waals surface area contributed by atoms with Gasteiger partial charge in [0.25, 0.3) is 0 Å². The third kappa shape index (κ3) is 4.09. The van der Waals surface area contributed by atoms with Crippen LogP contribution < -0.4 is 5.73 Å². The van der Waals surface area contributed by atoms with Gasteiger partial charge in [-0.05, 0) is 57.4 Å². The van der Waals surface area contributed by atoms with Crippen molar-refractivity contribution in [2.24, 2.45) is 5.73 Å². The van der Waals surface area contributed by atoms with E-state index in [4.69, 9.17) is 10.2 Å². The Bertz CT molecular complexity index is 322. The predicted molar refractivity (Wildman–Crippen MR) is 78.1 cm³/mol. The standard InChI is InChI=1S/C12H20Br2N2O/c1-3-5-6-16(4-2)10(8-15)11-7-9(13)12(14)17-11/h7,10H,3-6,8,15H2,1-2H3. The van der Waals surface area contributed by atoms with E-state index in [1.165, 1.54) is 12.8 Å². The third-order valence-corrected chi connectivity index (χ3v) is 4.57.